The monoisotopic (exact) mass is 431 g/mol. The minimum Gasteiger partial charge on any atom is -0.350 e. The van der Waals surface area contributed by atoms with Crippen molar-refractivity contribution in [1.82, 2.24) is 8.87 Å². The summed E-state index contributed by atoms with van der Waals surface area (Å²) in [6.45, 7) is 0.636. The van der Waals surface area contributed by atoms with Gasteiger partial charge in [-0.2, -0.15) is 4.31 Å². The van der Waals surface area contributed by atoms with E-state index in [4.69, 9.17) is 11.6 Å². The number of halogens is 1. The Kier molecular flexibility index (Phi) is 5.38. The fraction of sp³-hybridized carbons (Fsp3) is 0.286. The van der Waals surface area contributed by atoms with Gasteiger partial charge in [0.1, 0.15) is 0 Å². The molecule has 1 aliphatic heterocycles. The van der Waals surface area contributed by atoms with Crippen molar-refractivity contribution < 1.29 is 13.2 Å². The Hall–Kier alpha value is -2.35. The van der Waals surface area contributed by atoms with Crippen molar-refractivity contribution in [3.05, 3.63) is 59.8 Å². The molecule has 3 aromatic rings. The lowest BCUT2D eigenvalue weighted by molar-refractivity contribution is -0.120. The molecule has 0 aliphatic carbocycles. The highest BCUT2D eigenvalue weighted by Gasteiger charge is 2.32. The molecular formula is C21H22ClN3O3S. The van der Waals surface area contributed by atoms with Gasteiger partial charge < -0.3 is 9.88 Å². The fourth-order valence-electron chi connectivity index (χ4n) is 3.76. The molecule has 0 atom stereocenters. The Bertz CT molecular complexity index is 1150. The Balaban J connectivity index is 1.42. The minimum absolute atomic E-state index is 0.0649. The molecule has 6 nitrogen and oxygen atoms in total. The van der Waals surface area contributed by atoms with Crippen LogP contribution >= 0.6 is 11.6 Å². The van der Waals surface area contributed by atoms with Crippen LogP contribution in [-0.2, 0) is 21.9 Å². The normalized spacial score (nSPS) is 16.2. The van der Waals surface area contributed by atoms with Crippen LogP contribution in [0.25, 0.3) is 10.9 Å². The lowest BCUT2D eigenvalue weighted by atomic mass is 9.97. The number of fused-ring (bicyclic) bond motifs is 1. The standard InChI is InChI=1S/C21H22ClN3O3S/c1-24-12-11-18-19(3-2-4-20(18)24)23-21(26)15-9-13-25(14-10-15)29(27,28)17-7-5-16(22)6-8-17/h2-8,11-12,15H,9-10,13-14H2,1H3,(H,23,26). The molecule has 1 saturated heterocycles. The van der Waals surface area contributed by atoms with Crippen LogP contribution in [0, 0.1) is 5.92 Å². The van der Waals surface area contributed by atoms with Crippen molar-refractivity contribution in [3.63, 3.8) is 0 Å². The molecule has 2 aromatic carbocycles. The van der Waals surface area contributed by atoms with E-state index in [2.05, 4.69) is 5.32 Å². The van der Waals surface area contributed by atoms with Crippen LogP contribution in [0.15, 0.2) is 59.6 Å². The molecule has 1 N–H and O–H groups in total. The second kappa shape index (κ2) is 7.82. The second-order valence-electron chi connectivity index (χ2n) is 7.29. The molecule has 2 heterocycles. The number of sulfonamides is 1. The van der Waals surface area contributed by atoms with E-state index in [0.29, 0.717) is 31.0 Å². The zero-order valence-electron chi connectivity index (χ0n) is 16.0. The first kappa shape index (κ1) is 19.9. The van der Waals surface area contributed by atoms with Crippen molar-refractivity contribution in [2.24, 2.45) is 13.0 Å². The SMILES string of the molecule is Cn1ccc2c(NC(=O)C3CCN(S(=O)(=O)c4ccc(Cl)cc4)CC3)cccc21. The summed E-state index contributed by atoms with van der Waals surface area (Å²) in [7, 11) is -1.61. The largest absolute Gasteiger partial charge is 0.350 e. The topological polar surface area (TPSA) is 71.4 Å². The Morgan fingerprint density at radius 3 is 2.45 bits per heavy atom. The summed E-state index contributed by atoms with van der Waals surface area (Å²) >= 11 is 5.85. The van der Waals surface area contributed by atoms with Gasteiger partial charge >= 0.3 is 0 Å². The van der Waals surface area contributed by atoms with Gasteiger partial charge in [-0.25, -0.2) is 8.42 Å². The van der Waals surface area contributed by atoms with E-state index in [0.717, 1.165) is 16.6 Å². The summed E-state index contributed by atoms with van der Waals surface area (Å²) in [4.78, 5) is 13.0. The van der Waals surface area contributed by atoms with Gasteiger partial charge in [-0.15, -0.1) is 0 Å². The smallest absolute Gasteiger partial charge is 0.243 e. The van der Waals surface area contributed by atoms with Gasteiger partial charge in [0.05, 0.1) is 10.6 Å². The van der Waals surface area contributed by atoms with Crippen LogP contribution in [0.1, 0.15) is 12.8 Å². The molecule has 1 amide bonds. The Morgan fingerprint density at radius 2 is 1.76 bits per heavy atom. The van der Waals surface area contributed by atoms with Gasteiger partial charge in [0, 0.05) is 48.2 Å². The number of aromatic nitrogens is 1. The molecule has 1 aromatic heterocycles. The minimum atomic E-state index is -3.57. The van der Waals surface area contributed by atoms with Crippen LogP contribution in [0.5, 0.6) is 0 Å². The summed E-state index contributed by atoms with van der Waals surface area (Å²) in [5.74, 6) is -0.282. The number of anilines is 1. The number of nitrogens with one attached hydrogen (secondary N) is 1. The highest BCUT2D eigenvalue weighted by Crippen LogP contribution is 2.28. The molecule has 1 aliphatic rings. The van der Waals surface area contributed by atoms with Crippen LogP contribution in [0.3, 0.4) is 0 Å². The number of carbonyl (C=O) groups excluding carboxylic acids is 1. The Morgan fingerprint density at radius 1 is 1.07 bits per heavy atom. The van der Waals surface area contributed by atoms with Gasteiger partial charge in [0.15, 0.2) is 0 Å². The maximum absolute atomic E-state index is 12.8. The summed E-state index contributed by atoms with van der Waals surface area (Å²) in [6, 6.07) is 13.9. The number of amides is 1. The van der Waals surface area contributed by atoms with E-state index in [1.165, 1.54) is 16.4 Å². The number of piperidine rings is 1. The van der Waals surface area contributed by atoms with Gasteiger partial charge in [0.2, 0.25) is 15.9 Å². The molecule has 4 rings (SSSR count). The molecule has 0 saturated carbocycles. The zero-order chi connectivity index (χ0) is 20.6. The molecule has 1 fully saturated rings. The zero-order valence-corrected chi connectivity index (χ0v) is 17.6. The van der Waals surface area contributed by atoms with Crippen LogP contribution < -0.4 is 5.32 Å². The van der Waals surface area contributed by atoms with Crippen molar-refractivity contribution in [2.75, 3.05) is 18.4 Å². The lowest BCUT2D eigenvalue weighted by Gasteiger charge is -2.30. The average molecular weight is 432 g/mol. The molecule has 0 bridgehead atoms. The van der Waals surface area contributed by atoms with Crippen molar-refractivity contribution in [1.29, 1.82) is 0 Å². The lowest BCUT2D eigenvalue weighted by Crippen LogP contribution is -2.41. The summed E-state index contributed by atoms with van der Waals surface area (Å²) < 4.78 is 29.0. The van der Waals surface area contributed by atoms with E-state index in [-0.39, 0.29) is 16.7 Å². The van der Waals surface area contributed by atoms with Crippen LogP contribution in [-0.4, -0.2) is 36.3 Å². The average Bonchev–Trinajstić information content (AvgIpc) is 3.10. The molecule has 0 radical (unpaired) electrons. The third-order valence-corrected chi connectivity index (χ3v) is 7.63. The molecule has 8 heteroatoms. The number of carbonyl (C=O) groups is 1. The number of hydrogen-bond acceptors (Lipinski definition) is 3. The fourth-order valence-corrected chi connectivity index (χ4v) is 5.36. The maximum Gasteiger partial charge on any atom is 0.243 e. The summed E-state index contributed by atoms with van der Waals surface area (Å²) in [5, 5.41) is 4.51. The van der Waals surface area contributed by atoms with E-state index in [1.807, 2.05) is 42.1 Å². The molecular weight excluding hydrogens is 410 g/mol. The first-order chi connectivity index (χ1) is 13.9. The number of rotatable bonds is 4. The van der Waals surface area contributed by atoms with Gasteiger partial charge in [-0.1, -0.05) is 17.7 Å². The third kappa shape index (κ3) is 3.90. The van der Waals surface area contributed by atoms with Gasteiger partial charge in [-0.05, 0) is 55.3 Å². The Labute approximate surface area is 175 Å². The third-order valence-electron chi connectivity index (χ3n) is 5.46. The first-order valence-electron chi connectivity index (χ1n) is 9.47. The number of hydrogen-bond donors (Lipinski definition) is 1. The second-order valence-corrected chi connectivity index (χ2v) is 9.66. The summed E-state index contributed by atoms with van der Waals surface area (Å²) in [5.41, 5.74) is 1.83. The van der Waals surface area contributed by atoms with Crippen molar-refractivity contribution in [3.8, 4) is 0 Å². The molecule has 152 valence electrons. The summed E-state index contributed by atoms with van der Waals surface area (Å²) in [6.07, 6.45) is 2.94. The van der Waals surface area contributed by atoms with Crippen molar-refractivity contribution >= 4 is 44.1 Å². The maximum atomic E-state index is 12.8. The van der Waals surface area contributed by atoms with E-state index in [1.54, 1.807) is 12.1 Å². The highest BCUT2D eigenvalue weighted by molar-refractivity contribution is 7.89. The molecule has 29 heavy (non-hydrogen) atoms. The quantitative estimate of drug-likeness (QED) is 0.681. The van der Waals surface area contributed by atoms with Gasteiger partial charge in [0.25, 0.3) is 0 Å². The van der Waals surface area contributed by atoms with Crippen LogP contribution in [0.2, 0.25) is 5.02 Å². The predicted molar refractivity (Wildman–Crippen MR) is 114 cm³/mol. The van der Waals surface area contributed by atoms with E-state index < -0.39 is 10.0 Å². The van der Waals surface area contributed by atoms with E-state index in [9.17, 15) is 13.2 Å². The highest BCUT2D eigenvalue weighted by atomic mass is 35.5. The van der Waals surface area contributed by atoms with Crippen molar-refractivity contribution in [2.45, 2.75) is 17.7 Å². The number of nitrogens with zero attached hydrogens (tertiary/aromatic N) is 2. The first-order valence-corrected chi connectivity index (χ1v) is 11.3. The predicted octanol–water partition coefficient (Wildman–Crippen LogP) is 3.87. The molecule has 0 spiro atoms. The number of aryl methyl sites for hydroxylation is 1. The molecule has 0 unspecified atom stereocenters. The van der Waals surface area contributed by atoms with Gasteiger partial charge in [-0.3, -0.25) is 4.79 Å². The van der Waals surface area contributed by atoms with E-state index >= 15 is 0 Å². The number of benzene rings is 2. The van der Waals surface area contributed by atoms with Crippen LogP contribution in [0.4, 0.5) is 5.69 Å².